The summed E-state index contributed by atoms with van der Waals surface area (Å²) in [6.45, 7) is 3.59. The molecule has 0 saturated heterocycles. The smallest absolute Gasteiger partial charge is 0.316 e. The van der Waals surface area contributed by atoms with Crippen molar-refractivity contribution in [1.82, 2.24) is 9.97 Å². The maximum atomic E-state index is 12.5. The van der Waals surface area contributed by atoms with Crippen molar-refractivity contribution in [2.75, 3.05) is 5.75 Å². The molecule has 0 aliphatic carbocycles. The highest BCUT2D eigenvalue weighted by Gasteiger charge is 2.14. The van der Waals surface area contributed by atoms with E-state index < -0.39 is 0 Å². The van der Waals surface area contributed by atoms with Gasteiger partial charge in [-0.2, -0.15) is 0 Å². The van der Waals surface area contributed by atoms with Crippen LogP contribution in [-0.2, 0) is 9.53 Å². The number of aromatic amines is 1. The molecule has 24 heavy (non-hydrogen) atoms. The third-order valence-corrected chi connectivity index (χ3v) is 4.92. The maximum Gasteiger partial charge on any atom is 0.316 e. The summed E-state index contributed by atoms with van der Waals surface area (Å²) in [5.74, 6) is -0.210. The molecule has 0 radical (unpaired) electrons. The van der Waals surface area contributed by atoms with Crippen molar-refractivity contribution < 1.29 is 9.53 Å². The van der Waals surface area contributed by atoms with Gasteiger partial charge in [-0.25, -0.2) is 4.98 Å². The van der Waals surface area contributed by atoms with Crippen LogP contribution in [-0.4, -0.2) is 27.8 Å². The Hall–Kier alpha value is -2.12. The van der Waals surface area contributed by atoms with E-state index in [-0.39, 0.29) is 23.4 Å². The fraction of sp³-hybridized carbons (Fsp3) is 0.235. The second-order valence-corrected chi connectivity index (χ2v) is 7.22. The number of fused-ring (bicyclic) bond motifs is 1. The van der Waals surface area contributed by atoms with Gasteiger partial charge in [0.25, 0.3) is 5.56 Å². The van der Waals surface area contributed by atoms with E-state index >= 15 is 0 Å². The zero-order valence-electron chi connectivity index (χ0n) is 13.2. The number of thioether (sulfide) groups is 1. The SMILES string of the molecule is CC(C)OC(=O)CSc1nc2scc(-c3ccccc3)c2c(=O)[nH]1. The molecule has 5 nitrogen and oxygen atoms in total. The monoisotopic (exact) mass is 360 g/mol. The largest absolute Gasteiger partial charge is 0.462 e. The number of carbonyl (C=O) groups excluding carboxylic acids is 1. The van der Waals surface area contributed by atoms with Gasteiger partial charge in [0.15, 0.2) is 5.16 Å². The van der Waals surface area contributed by atoms with Crippen molar-refractivity contribution >= 4 is 39.3 Å². The van der Waals surface area contributed by atoms with E-state index in [2.05, 4.69) is 9.97 Å². The van der Waals surface area contributed by atoms with Crippen molar-refractivity contribution in [2.24, 2.45) is 0 Å². The van der Waals surface area contributed by atoms with Gasteiger partial charge < -0.3 is 9.72 Å². The van der Waals surface area contributed by atoms with E-state index in [0.29, 0.717) is 15.4 Å². The van der Waals surface area contributed by atoms with E-state index in [1.165, 1.54) is 23.1 Å². The van der Waals surface area contributed by atoms with Crippen molar-refractivity contribution in [3.8, 4) is 11.1 Å². The topological polar surface area (TPSA) is 72.0 Å². The molecule has 1 N–H and O–H groups in total. The molecule has 0 atom stereocenters. The fourth-order valence-electron chi connectivity index (χ4n) is 2.25. The predicted molar refractivity (Wildman–Crippen MR) is 97.6 cm³/mol. The predicted octanol–water partition coefficient (Wildman–Crippen LogP) is 3.70. The molecule has 0 amide bonds. The Balaban J connectivity index is 1.87. The van der Waals surface area contributed by atoms with E-state index in [0.717, 1.165) is 11.1 Å². The molecule has 0 aliphatic heterocycles. The Labute approximate surface area is 147 Å². The number of thiophene rings is 1. The summed E-state index contributed by atoms with van der Waals surface area (Å²) in [6.07, 6.45) is -0.154. The van der Waals surface area contributed by atoms with Gasteiger partial charge in [-0.3, -0.25) is 9.59 Å². The number of nitrogens with one attached hydrogen (secondary N) is 1. The molecule has 2 heterocycles. The van der Waals surface area contributed by atoms with Crippen molar-refractivity contribution in [2.45, 2.75) is 25.1 Å². The molecular formula is C17H16N2O3S2. The first-order chi connectivity index (χ1) is 11.5. The van der Waals surface area contributed by atoms with Crippen LogP contribution in [0.2, 0.25) is 0 Å². The van der Waals surface area contributed by atoms with Crippen LogP contribution in [0.25, 0.3) is 21.3 Å². The molecular weight excluding hydrogens is 344 g/mol. The van der Waals surface area contributed by atoms with E-state index in [4.69, 9.17) is 4.74 Å². The minimum atomic E-state index is -0.325. The number of rotatable bonds is 5. The summed E-state index contributed by atoms with van der Waals surface area (Å²) < 4.78 is 5.07. The number of benzene rings is 1. The minimum absolute atomic E-state index is 0.115. The zero-order valence-corrected chi connectivity index (χ0v) is 14.9. The highest BCUT2D eigenvalue weighted by molar-refractivity contribution is 7.99. The number of hydrogen-bond acceptors (Lipinski definition) is 6. The molecule has 0 unspecified atom stereocenters. The first-order valence-corrected chi connectivity index (χ1v) is 9.30. The van der Waals surface area contributed by atoms with Crippen LogP contribution in [0.1, 0.15) is 13.8 Å². The number of carbonyl (C=O) groups is 1. The summed E-state index contributed by atoms with van der Waals surface area (Å²) in [6, 6.07) is 9.73. The minimum Gasteiger partial charge on any atom is -0.462 e. The summed E-state index contributed by atoms with van der Waals surface area (Å²) in [5.41, 5.74) is 1.66. The van der Waals surface area contributed by atoms with Crippen LogP contribution in [0.15, 0.2) is 45.7 Å². The molecule has 1 aromatic carbocycles. The normalized spacial score (nSPS) is 11.1. The van der Waals surface area contributed by atoms with Gasteiger partial charge in [-0.05, 0) is 19.4 Å². The lowest BCUT2D eigenvalue weighted by Crippen LogP contribution is -2.14. The zero-order chi connectivity index (χ0) is 17.1. The Bertz CT molecular complexity index is 916. The summed E-state index contributed by atoms with van der Waals surface area (Å²) >= 11 is 2.59. The average Bonchev–Trinajstić information content (AvgIpc) is 2.98. The Morgan fingerprint density at radius 3 is 2.79 bits per heavy atom. The number of hydrogen-bond donors (Lipinski definition) is 1. The molecule has 0 spiro atoms. The third kappa shape index (κ3) is 3.68. The van der Waals surface area contributed by atoms with E-state index in [1.807, 2.05) is 35.7 Å². The van der Waals surface area contributed by atoms with Crippen LogP contribution in [0.4, 0.5) is 0 Å². The van der Waals surface area contributed by atoms with E-state index in [1.54, 1.807) is 13.8 Å². The Kier molecular flexibility index (Phi) is 5.01. The quantitative estimate of drug-likeness (QED) is 0.427. The molecule has 0 saturated carbocycles. The van der Waals surface area contributed by atoms with Crippen LogP contribution in [0, 0.1) is 0 Å². The number of aromatic nitrogens is 2. The van der Waals surface area contributed by atoms with Crippen LogP contribution in [0.3, 0.4) is 0 Å². The average molecular weight is 360 g/mol. The lowest BCUT2D eigenvalue weighted by molar-refractivity contribution is -0.144. The van der Waals surface area contributed by atoms with Gasteiger partial charge in [-0.15, -0.1) is 11.3 Å². The van der Waals surface area contributed by atoms with Crippen molar-refractivity contribution in [1.29, 1.82) is 0 Å². The molecule has 0 fully saturated rings. The van der Waals surface area contributed by atoms with Crippen LogP contribution in [0.5, 0.6) is 0 Å². The Morgan fingerprint density at radius 1 is 1.33 bits per heavy atom. The molecule has 0 bridgehead atoms. The number of ether oxygens (including phenoxy) is 1. The van der Waals surface area contributed by atoms with Gasteiger partial charge >= 0.3 is 5.97 Å². The van der Waals surface area contributed by atoms with Gasteiger partial charge in [-0.1, -0.05) is 42.1 Å². The standard InChI is InChI=1S/C17H16N2O3S2/c1-10(2)22-13(20)9-24-17-18-15(21)14-12(8-23-16(14)19-17)11-6-4-3-5-7-11/h3-8,10H,9H2,1-2H3,(H,18,19,21). The molecule has 7 heteroatoms. The summed E-state index contributed by atoms with van der Waals surface area (Å²) in [7, 11) is 0. The summed E-state index contributed by atoms with van der Waals surface area (Å²) in [4.78, 5) is 31.9. The van der Waals surface area contributed by atoms with Crippen molar-refractivity contribution in [3.63, 3.8) is 0 Å². The highest BCUT2D eigenvalue weighted by atomic mass is 32.2. The number of H-pyrrole nitrogens is 1. The van der Waals surface area contributed by atoms with Gasteiger partial charge in [0.2, 0.25) is 0 Å². The first-order valence-electron chi connectivity index (χ1n) is 7.44. The maximum absolute atomic E-state index is 12.5. The number of nitrogens with zero attached hydrogens (tertiary/aromatic N) is 1. The lowest BCUT2D eigenvalue weighted by atomic mass is 10.1. The molecule has 3 aromatic rings. The fourth-order valence-corrected chi connectivity index (χ4v) is 3.90. The molecule has 0 aliphatic rings. The second kappa shape index (κ2) is 7.19. The van der Waals surface area contributed by atoms with Crippen LogP contribution < -0.4 is 5.56 Å². The molecule has 124 valence electrons. The number of esters is 1. The van der Waals surface area contributed by atoms with Gasteiger partial charge in [0.05, 0.1) is 17.2 Å². The summed E-state index contributed by atoms with van der Waals surface area (Å²) in [5, 5.41) is 2.94. The molecule has 2 aromatic heterocycles. The Morgan fingerprint density at radius 2 is 2.08 bits per heavy atom. The van der Waals surface area contributed by atoms with Crippen molar-refractivity contribution in [3.05, 3.63) is 46.1 Å². The van der Waals surface area contributed by atoms with Gasteiger partial charge in [0.1, 0.15) is 4.83 Å². The highest BCUT2D eigenvalue weighted by Crippen LogP contribution is 2.31. The second-order valence-electron chi connectivity index (χ2n) is 5.39. The first kappa shape index (κ1) is 16.7. The van der Waals surface area contributed by atoms with Gasteiger partial charge in [0, 0.05) is 10.9 Å². The lowest BCUT2D eigenvalue weighted by Gasteiger charge is -2.07. The third-order valence-electron chi connectivity index (χ3n) is 3.20. The van der Waals surface area contributed by atoms with E-state index in [9.17, 15) is 9.59 Å². The van der Waals surface area contributed by atoms with Crippen LogP contribution >= 0.6 is 23.1 Å². The molecule has 3 rings (SSSR count).